The third kappa shape index (κ3) is 4.64. The Hall–Kier alpha value is -4.56. The van der Waals surface area contributed by atoms with Crippen LogP contribution in [0.5, 0.6) is 5.75 Å². The van der Waals surface area contributed by atoms with Crippen molar-refractivity contribution in [1.29, 1.82) is 0 Å². The van der Waals surface area contributed by atoms with Crippen LogP contribution in [0.3, 0.4) is 0 Å². The molecule has 2 aliphatic rings. The highest BCUT2D eigenvalue weighted by Gasteiger charge is 2.37. The second kappa shape index (κ2) is 10.1. The highest BCUT2D eigenvalue weighted by molar-refractivity contribution is 6.00. The van der Waals surface area contributed by atoms with Gasteiger partial charge in [-0.05, 0) is 91.5 Å². The molecule has 1 atom stereocenters. The molecule has 2 aliphatic heterocycles. The van der Waals surface area contributed by atoms with E-state index in [0.717, 1.165) is 29.8 Å². The fourth-order valence-electron chi connectivity index (χ4n) is 6.21. The molecule has 0 radical (unpaired) electrons. The number of likely N-dealkylation sites (tertiary alicyclic amines) is 1. The van der Waals surface area contributed by atoms with E-state index >= 15 is 0 Å². The molecule has 3 aromatic carbocycles. The number of amides is 1. The van der Waals surface area contributed by atoms with Gasteiger partial charge in [0.2, 0.25) is 0 Å². The summed E-state index contributed by atoms with van der Waals surface area (Å²) in [6.07, 6.45) is 5.63. The molecule has 7 nitrogen and oxygen atoms in total. The van der Waals surface area contributed by atoms with E-state index in [-0.39, 0.29) is 17.2 Å². The minimum Gasteiger partial charge on any atom is -0.508 e. The molecule has 1 unspecified atom stereocenters. The van der Waals surface area contributed by atoms with E-state index in [1.54, 1.807) is 23.4 Å². The highest BCUT2D eigenvalue weighted by Crippen LogP contribution is 2.40. The maximum Gasteiger partial charge on any atom is 0.255 e. The van der Waals surface area contributed by atoms with Gasteiger partial charge in [-0.1, -0.05) is 36.4 Å². The molecule has 8 heteroatoms. The highest BCUT2D eigenvalue weighted by atomic mass is 19.1. The Kier molecular flexibility index (Phi) is 6.27. The first-order valence-electron chi connectivity index (χ1n) is 14.0. The number of phenolic OH excluding ortho intramolecular Hbond substituents is 1. The van der Waals surface area contributed by atoms with Crippen molar-refractivity contribution in [2.75, 3.05) is 20.1 Å². The first-order valence-corrected chi connectivity index (χ1v) is 14.0. The first-order chi connectivity index (χ1) is 19.9. The molecule has 0 saturated carbocycles. The van der Waals surface area contributed by atoms with E-state index in [4.69, 9.17) is 4.98 Å². The van der Waals surface area contributed by atoms with Crippen molar-refractivity contribution in [2.45, 2.75) is 31.3 Å². The Morgan fingerprint density at radius 1 is 1.00 bits per heavy atom. The summed E-state index contributed by atoms with van der Waals surface area (Å²) in [5.41, 5.74) is 6.49. The number of piperidine rings is 1. The summed E-state index contributed by atoms with van der Waals surface area (Å²) >= 11 is 0. The molecular weight excluding hydrogens is 517 g/mol. The Labute approximate surface area is 237 Å². The van der Waals surface area contributed by atoms with Crippen LogP contribution in [0.15, 0.2) is 79.1 Å². The fourth-order valence-corrected chi connectivity index (χ4v) is 6.21. The van der Waals surface area contributed by atoms with Gasteiger partial charge < -0.3 is 19.9 Å². The quantitative estimate of drug-likeness (QED) is 0.281. The van der Waals surface area contributed by atoms with Crippen molar-refractivity contribution in [2.24, 2.45) is 0 Å². The number of rotatable bonds is 5. The van der Waals surface area contributed by atoms with Gasteiger partial charge in [-0.2, -0.15) is 0 Å². The molecule has 1 amide bonds. The molecule has 2 aromatic heterocycles. The standard InChI is InChI=1S/C33H30FN5O2/c1-38-14-11-22(12-15-38)20-2-4-21(5-3-20)23-6-7-24-19-39(33(41)26(24)16-23)31(27-17-25(34)8-9-30(27)40)32-36-28-10-13-35-18-29(28)37-32/h2-10,13,16-18,22,31,40H,11-12,14-15,19H2,1H3,(H,36,37). The number of hydrogen-bond acceptors (Lipinski definition) is 5. The molecular formula is C33H30FN5O2. The van der Waals surface area contributed by atoms with Crippen LogP contribution in [0.4, 0.5) is 4.39 Å². The number of carbonyl (C=O) groups is 1. The lowest BCUT2D eigenvalue weighted by Crippen LogP contribution is -2.31. The number of halogens is 1. The first kappa shape index (κ1) is 25.4. The maximum absolute atomic E-state index is 14.4. The predicted octanol–water partition coefficient (Wildman–Crippen LogP) is 6.02. The molecule has 0 bridgehead atoms. The molecule has 1 fully saturated rings. The zero-order chi connectivity index (χ0) is 28.1. The number of fused-ring (bicyclic) bond motifs is 2. The third-order valence-electron chi connectivity index (χ3n) is 8.53. The van der Waals surface area contributed by atoms with E-state index in [0.29, 0.717) is 34.9 Å². The lowest BCUT2D eigenvalue weighted by atomic mass is 9.88. The average Bonchev–Trinajstić information content (AvgIpc) is 3.56. The van der Waals surface area contributed by atoms with Crippen molar-refractivity contribution in [1.82, 2.24) is 24.8 Å². The number of nitrogens with one attached hydrogen (secondary N) is 1. The monoisotopic (exact) mass is 547 g/mol. The van der Waals surface area contributed by atoms with Crippen molar-refractivity contribution in [3.8, 4) is 16.9 Å². The Morgan fingerprint density at radius 2 is 1.78 bits per heavy atom. The van der Waals surface area contributed by atoms with E-state index in [9.17, 15) is 14.3 Å². The van der Waals surface area contributed by atoms with Crippen LogP contribution in [-0.4, -0.2) is 55.9 Å². The zero-order valence-electron chi connectivity index (χ0n) is 22.7. The van der Waals surface area contributed by atoms with Crippen LogP contribution >= 0.6 is 0 Å². The smallest absolute Gasteiger partial charge is 0.255 e. The van der Waals surface area contributed by atoms with Crippen LogP contribution in [-0.2, 0) is 6.54 Å². The number of hydrogen-bond donors (Lipinski definition) is 2. The number of carbonyl (C=O) groups excluding carboxylic acids is 1. The molecule has 206 valence electrons. The van der Waals surface area contributed by atoms with Gasteiger partial charge in [-0.15, -0.1) is 0 Å². The van der Waals surface area contributed by atoms with Crippen LogP contribution in [0, 0.1) is 5.82 Å². The minimum atomic E-state index is -0.824. The summed E-state index contributed by atoms with van der Waals surface area (Å²) in [5.74, 6) is 0.206. The van der Waals surface area contributed by atoms with Gasteiger partial charge in [0.25, 0.3) is 5.91 Å². The van der Waals surface area contributed by atoms with Crippen molar-refractivity contribution in [3.63, 3.8) is 0 Å². The maximum atomic E-state index is 14.4. The summed E-state index contributed by atoms with van der Waals surface area (Å²) < 4.78 is 14.4. The van der Waals surface area contributed by atoms with Crippen molar-refractivity contribution in [3.05, 3.63) is 113 Å². The van der Waals surface area contributed by atoms with E-state index in [1.807, 2.05) is 18.2 Å². The van der Waals surface area contributed by atoms with Gasteiger partial charge in [-0.25, -0.2) is 9.37 Å². The summed E-state index contributed by atoms with van der Waals surface area (Å²) in [7, 11) is 2.17. The number of H-pyrrole nitrogens is 1. The number of aromatic hydroxyl groups is 1. The summed E-state index contributed by atoms with van der Waals surface area (Å²) in [6, 6.07) is 19.4. The Bertz CT molecular complexity index is 1720. The number of aromatic amines is 1. The van der Waals surface area contributed by atoms with E-state index < -0.39 is 11.9 Å². The number of benzene rings is 3. The molecule has 41 heavy (non-hydrogen) atoms. The average molecular weight is 548 g/mol. The lowest BCUT2D eigenvalue weighted by Gasteiger charge is -2.29. The summed E-state index contributed by atoms with van der Waals surface area (Å²) in [5, 5.41) is 10.8. The number of nitrogens with zero attached hydrogens (tertiary/aromatic N) is 4. The lowest BCUT2D eigenvalue weighted by molar-refractivity contribution is 0.0723. The fraction of sp³-hybridized carbons (Fsp3) is 0.242. The van der Waals surface area contributed by atoms with Crippen LogP contribution in [0.1, 0.15) is 57.7 Å². The van der Waals surface area contributed by atoms with Gasteiger partial charge in [0, 0.05) is 23.9 Å². The number of aromatic nitrogens is 3. The van der Waals surface area contributed by atoms with Crippen LogP contribution in [0.25, 0.3) is 22.2 Å². The van der Waals surface area contributed by atoms with Crippen LogP contribution in [0.2, 0.25) is 0 Å². The zero-order valence-corrected chi connectivity index (χ0v) is 22.7. The third-order valence-corrected chi connectivity index (χ3v) is 8.53. The molecule has 4 heterocycles. The molecule has 7 rings (SSSR count). The second-order valence-electron chi connectivity index (χ2n) is 11.1. The van der Waals surface area contributed by atoms with Gasteiger partial charge in [-0.3, -0.25) is 9.78 Å². The predicted molar refractivity (Wildman–Crippen MR) is 155 cm³/mol. The van der Waals surface area contributed by atoms with Gasteiger partial charge >= 0.3 is 0 Å². The topological polar surface area (TPSA) is 85.4 Å². The van der Waals surface area contributed by atoms with Gasteiger partial charge in [0.15, 0.2) is 0 Å². The Balaban J connectivity index is 1.22. The molecule has 0 spiro atoms. The molecule has 5 aromatic rings. The van der Waals surface area contributed by atoms with Crippen LogP contribution < -0.4 is 0 Å². The second-order valence-corrected chi connectivity index (χ2v) is 11.1. The Morgan fingerprint density at radius 3 is 2.56 bits per heavy atom. The van der Waals surface area contributed by atoms with Crippen molar-refractivity contribution < 1.29 is 14.3 Å². The molecule has 0 aliphatic carbocycles. The van der Waals surface area contributed by atoms with Crippen molar-refractivity contribution >= 4 is 16.9 Å². The number of phenols is 1. The van der Waals surface area contributed by atoms with Gasteiger partial charge in [0.05, 0.1) is 17.2 Å². The largest absolute Gasteiger partial charge is 0.508 e. The van der Waals surface area contributed by atoms with E-state index in [2.05, 4.69) is 46.2 Å². The number of pyridine rings is 1. The van der Waals surface area contributed by atoms with Gasteiger partial charge in [0.1, 0.15) is 23.4 Å². The summed E-state index contributed by atoms with van der Waals surface area (Å²) in [4.78, 5) is 30.0. The summed E-state index contributed by atoms with van der Waals surface area (Å²) in [6.45, 7) is 2.55. The SMILES string of the molecule is CN1CCC(c2ccc(-c3ccc4c(c3)C(=O)N(C(c3nc5ccncc5[nH]3)c3cc(F)ccc3O)C4)cc2)CC1. The molecule has 2 N–H and O–H groups in total. The normalized spacial score (nSPS) is 16.8. The number of imidazole rings is 1. The minimum absolute atomic E-state index is 0.107. The molecule has 1 saturated heterocycles. The van der Waals surface area contributed by atoms with E-state index in [1.165, 1.54) is 36.6 Å².